The summed E-state index contributed by atoms with van der Waals surface area (Å²) < 4.78 is 39.7. The van der Waals surface area contributed by atoms with Crippen molar-refractivity contribution in [2.45, 2.75) is 92.9 Å². The molecule has 22 heteroatoms. The molecule has 0 radical (unpaired) electrons. The van der Waals surface area contributed by atoms with E-state index in [9.17, 15) is 28.8 Å². The van der Waals surface area contributed by atoms with Crippen LogP contribution in [0.15, 0.2) is 170 Å². The van der Waals surface area contributed by atoms with E-state index in [0.717, 1.165) is 32.1 Å². The highest BCUT2D eigenvalue weighted by molar-refractivity contribution is 6.45. The molecule has 2 aliphatic heterocycles. The Kier molecular flexibility index (Phi) is 24.5. The zero-order chi connectivity index (χ0) is 77.0. The highest BCUT2D eigenvalue weighted by atomic mass is 16.5. The first-order chi connectivity index (χ1) is 51.9. The molecule has 0 aromatic heterocycles. The van der Waals surface area contributed by atoms with Gasteiger partial charge in [0.25, 0.3) is 23.6 Å². The predicted molar refractivity (Wildman–Crippen MR) is 412 cm³/mol. The van der Waals surface area contributed by atoms with Crippen molar-refractivity contribution >= 4 is 102 Å². The number of fused-ring (bicyclic) bond motifs is 2. The molecule has 2 heterocycles. The Balaban J connectivity index is 1.23. The predicted octanol–water partition coefficient (Wildman–Crippen LogP) is 13.8. The molecule has 8 amide bonds. The Labute approximate surface area is 625 Å². The summed E-state index contributed by atoms with van der Waals surface area (Å²) in [4.78, 5) is 143. The first kappa shape index (κ1) is 77.0. The smallest absolute Gasteiger partial charge is 0.262 e. The number of carbonyl (C=O) groups is 10. The average molecular weight is 1460 g/mol. The van der Waals surface area contributed by atoms with Crippen molar-refractivity contribution in [1.29, 1.82) is 0 Å². The Hall–Kier alpha value is -12.1. The van der Waals surface area contributed by atoms with Crippen molar-refractivity contribution in [2.24, 2.45) is 0 Å². The molecule has 0 fully saturated rings. The van der Waals surface area contributed by atoms with Gasteiger partial charge in [0, 0.05) is 106 Å². The van der Waals surface area contributed by atoms with Gasteiger partial charge in [0.1, 0.15) is 59.1 Å². The lowest BCUT2D eigenvalue weighted by molar-refractivity contribution is -0.122. The highest BCUT2D eigenvalue weighted by Crippen LogP contribution is 2.58. The highest BCUT2D eigenvalue weighted by Gasteiger charge is 2.42. The summed E-state index contributed by atoms with van der Waals surface area (Å²) in [5, 5.41) is 12.6. The fourth-order valence-corrected chi connectivity index (χ4v) is 13.1. The summed E-state index contributed by atoms with van der Waals surface area (Å²) in [6.45, 7) is 25.7. The average Bonchev–Trinajstić information content (AvgIpc) is 0.672. The third kappa shape index (κ3) is 17.4. The quantitative estimate of drug-likeness (QED) is 0.00920. The van der Waals surface area contributed by atoms with Crippen molar-refractivity contribution in [3.05, 3.63) is 214 Å². The normalized spacial score (nSPS) is 12.4. The summed E-state index contributed by atoms with van der Waals surface area (Å²) in [5.74, 6) is -4.42. The minimum atomic E-state index is -0.860. The molecule has 4 N–H and O–H groups in total. The molecule has 0 unspecified atom stereocenters. The molecule has 0 saturated carbocycles. The van der Waals surface area contributed by atoms with Crippen LogP contribution in [0, 0.1) is 0 Å². The number of benzene rings is 9. The number of ether oxygens (including phenoxy) is 6. The van der Waals surface area contributed by atoms with Gasteiger partial charge in [-0.05, 0) is 186 Å². The minimum Gasteiger partial charge on any atom is -0.457 e. The molecule has 0 spiro atoms. The second-order valence-corrected chi connectivity index (χ2v) is 26.8. The first-order valence-corrected chi connectivity index (χ1v) is 36.0. The fraction of sp³-hybridized carbons (Fsp3) is 0.279. The van der Waals surface area contributed by atoms with Crippen molar-refractivity contribution in [3.8, 4) is 46.0 Å². The molecule has 0 saturated heterocycles. The van der Waals surface area contributed by atoms with Crippen LogP contribution in [0.1, 0.15) is 131 Å². The van der Waals surface area contributed by atoms with E-state index in [1.807, 2.05) is 62.4 Å². The maximum Gasteiger partial charge on any atom is 0.262 e. The molecule has 556 valence electrons. The van der Waals surface area contributed by atoms with Crippen LogP contribution in [0.3, 0.4) is 0 Å². The lowest BCUT2D eigenvalue weighted by Gasteiger charge is -2.32. The van der Waals surface area contributed by atoms with E-state index < -0.39 is 48.5 Å². The lowest BCUT2D eigenvalue weighted by Crippen LogP contribution is -2.46. The van der Waals surface area contributed by atoms with Gasteiger partial charge in [0.15, 0.2) is 11.6 Å². The number of amides is 8. The number of allylic oxidation sites excluding steroid dienone is 2. The van der Waals surface area contributed by atoms with Gasteiger partial charge in [-0.1, -0.05) is 74.8 Å². The van der Waals surface area contributed by atoms with Crippen LogP contribution in [0.25, 0.3) is 43.1 Å². The molecule has 11 rings (SSSR count). The van der Waals surface area contributed by atoms with Crippen LogP contribution in [0.4, 0.5) is 0 Å². The maximum absolute atomic E-state index is 15.8. The van der Waals surface area contributed by atoms with E-state index >= 15 is 19.2 Å². The number of ketones is 2. The van der Waals surface area contributed by atoms with E-state index in [0.29, 0.717) is 74.0 Å². The van der Waals surface area contributed by atoms with E-state index in [4.69, 9.17) is 28.4 Å². The van der Waals surface area contributed by atoms with E-state index in [-0.39, 0.29) is 187 Å². The van der Waals surface area contributed by atoms with Crippen LogP contribution in [-0.4, -0.2) is 134 Å². The standard InChI is InChI=1S/C86H86N6O16/c1-11-103-41-39-87-71(95)47-91-83(99)61-43-67(105-57-27-19-53(20-28-57)15-13-17-65(93)49(3)4)75-77-69(107-59-31-23-55(24-32-59)35-37-89-81(97)51(7)8)45-63-74-64(86(102)92(85(63)101)48-72(96)88-40-42-104-12-2)46-70(108-60-33-25-56(26-34-60)36-38-90-82(98)52(9)10)78(80(74)77)76-68(44-62(84(91)100)73(61)79(75)76)106-58-29-21-54(22-30-58)16-14-18-66(94)50(5)6/h19-34,43-46H,3,5,7,9,11-18,35-42,47-48H2,1-2,4,6,8,10H3,(H,87,95)(H,88,96)(H,89,97)(H,90,98). The van der Waals surface area contributed by atoms with E-state index in [1.54, 1.807) is 76.2 Å². The molecule has 9 aromatic rings. The SMILES string of the molecule is C=C(C)C(=O)CCCc1ccc(Oc2cc3c4c(cc(Oc5ccc(CCCC(=O)C(=C)C)cc5)c5c6c(Oc7ccc(CCNC(=O)C(=C)C)cc7)cc7c8c(cc(Oc9ccc(CCNC(=O)C(=C)C)cc9)c(c2c45)c86)C(=O)N(CC(=O)NCCOCC)C7=O)C(=O)N(CC(=O)NCCOCC)C3=O)cc1. The molecular weight excluding hydrogens is 1370 g/mol. The summed E-state index contributed by atoms with van der Waals surface area (Å²) in [6.07, 6.45) is 3.56. The van der Waals surface area contributed by atoms with Gasteiger partial charge in [-0.25, -0.2) is 0 Å². The summed E-state index contributed by atoms with van der Waals surface area (Å²) in [7, 11) is 0. The molecular formula is C86H86N6O16. The largest absolute Gasteiger partial charge is 0.457 e. The van der Waals surface area contributed by atoms with Gasteiger partial charge >= 0.3 is 0 Å². The Morgan fingerprint density at radius 2 is 0.630 bits per heavy atom. The monoisotopic (exact) mass is 1460 g/mol. The summed E-state index contributed by atoms with van der Waals surface area (Å²) >= 11 is 0. The van der Waals surface area contributed by atoms with Crippen LogP contribution >= 0.6 is 0 Å². The van der Waals surface area contributed by atoms with Gasteiger partial charge in [-0.2, -0.15) is 0 Å². The van der Waals surface area contributed by atoms with Crippen LogP contribution in [0.5, 0.6) is 46.0 Å². The van der Waals surface area contributed by atoms with Gasteiger partial charge in [0.2, 0.25) is 23.6 Å². The third-order valence-corrected chi connectivity index (χ3v) is 18.7. The zero-order valence-electron chi connectivity index (χ0n) is 61.5. The van der Waals surface area contributed by atoms with Crippen molar-refractivity contribution in [2.75, 3.05) is 65.7 Å². The molecule has 108 heavy (non-hydrogen) atoms. The first-order valence-electron chi connectivity index (χ1n) is 36.0. The number of nitrogens with one attached hydrogen (secondary N) is 4. The summed E-state index contributed by atoms with van der Waals surface area (Å²) in [5.41, 5.74) is 4.75. The maximum atomic E-state index is 15.8. The number of Topliss-reactive ketones (excluding diaryl/α,β-unsaturated/α-hetero) is 2. The molecule has 22 nitrogen and oxygen atoms in total. The number of rotatable bonds is 38. The molecule has 0 aliphatic carbocycles. The van der Waals surface area contributed by atoms with E-state index in [2.05, 4.69) is 47.6 Å². The lowest BCUT2D eigenvalue weighted by atomic mass is 9.80. The number of carbonyl (C=O) groups excluding carboxylic acids is 10. The van der Waals surface area contributed by atoms with Gasteiger partial charge in [-0.3, -0.25) is 57.7 Å². The second kappa shape index (κ2) is 34.4. The van der Waals surface area contributed by atoms with Gasteiger partial charge in [-0.15, -0.1) is 0 Å². The number of aryl methyl sites for hydroxylation is 2. The van der Waals surface area contributed by atoms with Gasteiger partial charge < -0.3 is 49.7 Å². The third-order valence-electron chi connectivity index (χ3n) is 18.7. The number of nitrogens with zero attached hydrogens (tertiary/aromatic N) is 2. The molecule has 0 atom stereocenters. The number of hydrogen-bond donors (Lipinski definition) is 4. The number of imide groups is 2. The number of hydrogen-bond acceptors (Lipinski definition) is 16. The molecule has 9 aromatic carbocycles. The Morgan fingerprint density at radius 3 is 0.889 bits per heavy atom. The van der Waals surface area contributed by atoms with E-state index in [1.165, 1.54) is 24.3 Å². The van der Waals surface area contributed by atoms with Crippen molar-refractivity contribution in [1.82, 2.24) is 31.1 Å². The van der Waals surface area contributed by atoms with Crippen LogP contribution in [-0.2, 0) is 63.9 Å². The molecule has 2 aliphatic rings. The zero-order valence-corrected chi connectivity index (χ0v) is 61.5. The fourth-order valence-electron chi connectivity index (χ4n) is 13.1. The van der Waals surface area contributed by atoms with Crippen LogP contribution < -0.4 is 40.2 Å². The van der Waals surface area contributed by atoms with Gasteiger partial charge in [0.05, 0.1) is 35.5 Å². The van der Waals surface area contributed by atoms with Crippen LogP contribution in [0.2, 0.25) is 0 Å². The molecule has 0 bridgehead atoms. The minimum absolute atomic E-state index is 0.000350. The summed E-state index contributed by atoms with van der Waals surface area (Å²) in [6, 6.07) is 34.4. The van der Waals surface area contributed by atoms with Crippen molar-refractivity contribution in [3.63, 3.8) is 0 Å². The Bertz CT molecular complexity index is 4520. The second-order valence-electron chi connectivity index (χ2n) is 26.8. The Morgan fingerprint density at radius 1 is 0.352 bits per heavy atom. The topological polar surface area (TPSA) is 281 Å². The van der Waals surface area contributed by atoms with Crippen molar-refractivity contribution < 1.29 is 76.4 Å².